The van der Waals surface area contributed by atoms with Gasteiger partial charge in [0.1, 0.15) is 11.6 Å². The van der Waals surface area contributed by atoms with Crippen molar-refractivity contribution in [2.24, 2.45) is 5.10 Å². The molecule has 1 aliphatic heterocycles. The van der Waals surface area contributed by atoms with Crippen LogP contribution in [0.25, 0.3) is 0 Å². The van der Waals surface area contributed by atoms with Crippen molar-refractivity contribution >= 4 is 28.5 Å². The summed E-state index contributed by atoms with van der Waals surface area (Å²) in [6.45, 7) is 6.12. The number of morpholine rings is 1. The van der Waals surface area contributed by atoms with Crippen LogP contribution < -0.4 is 20.4 Å². The minimum Gasteiger partial charge on any atom is -0.462 e. The van der Waals surface area contributed by atoms with Crippen LogP contribution in [0.2, 0.25) is 0 Å². The maximum atomic E-state index is 5.64. The molecule has 2 aromatic rings. The van der Waals surface area contributed by atoms with Crippen molar-refractivity contribution in [2.75, 3.05) is 56.8 Å². The summed E-state index contributed by atoms with van der Waals surface area (Å²) in [6.07, 6.45) is 2.60. The zero-order valence-corrected chi connectivity index (χ0v) is 16.5. The summed E-state index contributed by atoms with van der Waals surface area (Å²) in [6, 6.07) is 4.41. The summed E-state index contributed by atoms with van der Waals surface area (Å²) in [5.74, 6) is 1.03. The lowest BCUT2D eigenvalue weighted by Gasteiger charge is -2.26. The first-order valence-electron chi connectivity index (χ1n) is 9.02. The Labute approximate surface area is 162 Å². The van der Waals surface area contributed by atoms with E-state index in [1.54, 1.807) is 17.6 Å². The van der Waals surface area contributed by atoms with Crippen molar-refractivity contribution in [2.45, 2.75) is 13.3 Å². The summed E-state index contributed by atoms with van der Waals surface area (Å²) >= 11 is 1.68. The first-order chi connectivity index (χ1) is 13.3. The molecule has 0 spiro atoms. The van der Waals surface area contributed by atoms with E-state index in [9.17, 15) is 0 Å². The molecule has 0 unspecified atom stereocenters. The van der Waals surface area contributed by atoms with E-state index in [-0.39, 0.29) is 0 Å². The zero-order valence-electron chi connectivity index (χ0n) is 15.6. The van der Waals surface area contributed by atoms with Gasteiger partial charge in [-0.05, 0) is 25.6 Å². The van der Waals surface area contributed by atoms with Crippen molar-refractivity contribution < 1.29 is 9.47 Å². The summed E-state index contributed by atoms with van der Waals surface area (Å²) in [7, 11) is 1.87. The van der Waals surface area contributed by atoms with E-state index < -0.39 is 0 Å². The van der Waals surface area contributed by atoms with Gasteiger partial charge in [-0.25, -0.2) is 0 Å². The number of nitrogens with one attached hydrogen (secondary N) is 2. The highest BCUT2D eigenvalue weighted by atomic mass is 32.1. The Morgan fingerprint density at radius 1 is 1.30 bits per heavy atom. The fraction of sp³-hybridized carbons (Fsp3) is 0.529. The molecule has 0 aliphatic carbocycles. The topological polar surface area (TPSA) is 96.8 Å². The number of rotatable bonds is 9. The number of thiophene rings is 1. The standard InChI is InChI=1S/C17H25N7O2S/c1-3-13-4-5-15(27-13)23-19-12-14-20-16(24-7-10-25-11-8-24)22-17(21-14)26-9-6-18-2/h4-5,12,18,23H,3,6-11H2,1-2H3. The molecule has 9 nitrogen and oxygen atoms in total. The van der Waals surface area contributed by atoms with Crippen LogP contribution in [0.4, 0.5) is 10.9 Å². The third-order valence-electron chi connectivity index (χ3n) is 3.86. The van der Waals surface area contributed by atoms with Gasteiger partial charge in [0.2, 0.25) is 5.95 Å². The van der Waals surface area contributed by atoms with Crippen LogP contribution in [0.15, 0.2) is 17.2 Å². The van der Waals surface area contributed by atoms with Gasteiger partial charge in [-0.15, -0.1) is 11.3 Å². The molecule has 2 N–H and O–H groups in total. The lowest BCUT2D eigenvalue weighted by Crippen LogP contribution is -2.37. The van der Waals surface area contributed by atoms with Crippen LogP contribution in [0.1, 0.15) is 17.6 Å². The van der Waals surface area contributed by atoms with Gasteiger partial charge in [0, 0.05) is 24.5 Å². The Kier molecular flexibility index (Phi) is 7.31. The first-order valence-corrected chi connectivity index (χ1v) is 9.84. The van der Waals surface area contributed by atoms with Crippen molar-refractivity contribution in [3.8, 4) is 6.01 Å². The smallest absolute Gasteiger partial charge is 0.321 e. The molecule has 3 heterocycles. The molecular weight excluding hydrogens is 366 g/mol. The Morgan fingerprint density at radius 2 is 2.15 bits per heavy atom. The minimum absolute atomic E-state index is 0.299. The number of hydrazone groups is 1. The van der Waals surface area contributed by atoms with Crippen LogP contribution >= 0.6 is 11.3 Å². The summed E-state index contributed by atoms with van der Waals surface area (Å²) in [5.41, 5.74) is 3.02. The molecule has 0 aromatic carbocycles. The number of aromatic nitrogens is 3. The minimum atomic E-state index is 0.299. The van der Waals surface area contributed by atoms with Gasteiger partial charge in [-0.1, -0.05) is 6.92 Å². The van der Waals surface area contributed by atoms with E-state index in [4.69, 9.17) is 9.47 Å². The average Bonchev–Trinajstić information content (AvgIpc) is 3.17. The van der Waals surface area contributed by atoms with Gasteiger partial charge >= 0.3 is 6.01 Å². The van der Waals surface area contributed by atoms with Crippen LogP contribution in [0, 0.1) is 0 Å². The molecule has 0 amide bonds. The zero-order chi connectivity index (χ0) is 18.9. The molecule has 1 fully saturated rings. The quantitative estimate of drug-likeness (QED) is 0.376. The maximum absolute atomic E-state index is 5.64. The van der Waals surface area contributed by atoms with Gasteiger partial charge < -0.3 is 19.7 Å². The molecule has 1 saturated heterocycles. The van der Waals surface area contributed by atoms with Gasteiger partial charge in [0.25, 0.3) is 0 Å². The van der Waals surface area contributed by atoms with Gasteiger partial charge in [0.15, 0.2) is 5.82 Å². The Balaban J connectivity index is 1.72. The van der Waals surface area contributed by atoms with E-state index in [0.717, 1.165) is 24.5 Å². The highest BCUT2D eigenvalue weighted by molar-refractivity contribution is 7.16. The summed E-state index contributed by atoms with van der Waals surface area (Å²) in [4.78, 5) is 16.6. The Hall–Kier alpha value is -2.30. The third kappa shape index (κ3) is 5.84. The van der Waals surface area contributed by atoms with Gasteiger partial charge in [-0.3, -0.25) is 5.43 Å². The van der Waals surface area contributed by atoms with Crippen molar-refractivity contribution in [3.05, 3.63) is 22.8 Å². The molecule has 10 heteroatoms. The second-order valence-corrected chi connectivity index (χ2v) is 6.99. The maximum Gasteiger partial charge on any atom is 0.321 e. The third-order valence-corrected chi connectivity index (χ3v) is 5.00. The van der Waals surface area contributed by atoms with Crippen LogP contribution in [-0.2, 0) is 11.2 Å². The number of hydrogen-bond acceptors (Lipinski definition) is 10. The van der Waals surface area contributed by atoms with Gasteiger partial charge in [-0.2, -0.15) is 20.1 Å². The highest BCUT2D eigenvalue weighted by Gasteiger charge is 2.16. The van der Waals surface area contributed by atoms with E-state index >= 15 is 0 Å². The molecule has 0 bridgehead atoms. The predicted octanol–water partition coefficient (Wildman–Crippen LogP) is 1.38. The molecule has 0 atom stereocenters. The van der Waals surface area contributed by atoms with E-state index in [0.29, 0.717) is 44.1 Å². The second-order valence-electron chi connectivity index (χ2n) is 5.82. The fourth-order valence-electron chi connectivity index (χ4n) is 2.41. The molecule has 3 rings (SSSR count). The highest BCUT2D eigenvalue weighted by Crippen LogP contribution is 2.22. The van der Waals surface area contributed by atoms with Crippen LogP contribution in [0.5, 0.6) is 6.01 Å². The predicted molar refractivity (Wildman–Crippen MR) is 107 cm³/mol. The van der Waals surface area contributed by atoms with E-state index in [1.165, 1.54) is 4.88 Å². The van der Waals surface area contributed by atoms with Crippen molar-refractivity contribution in [1.82, 2.24) is 20.3 Å². The van der Waals surface area contributed by atoms with Crippen molar-refractivity contribution in [3.63, 3.8) is 0 Å². The largest absolute Gasteiger partial charge is 0.462 e. The molecule has 0 radical (unpaired) electrons. The lowest BCUT2D eigenvalue weighted by atomic mass is 10.4. The van der Waals surface area contributed by atoms with Gasteiger partial charge in [0.05, 0.1) is 19.4 Å². The summed E-state index contributed by atoms with van der Waals surface area (Å²) in [5, 5.41) is 8.27. The summed E-state index contributed by atoms with van der Waals surface area (Å²) < 4.78 is 11.0. The SMILES string of the molecule is CCc1ccc(NN=Cc2nc(OCCNC)nc(N3CCOCC3)n2)s1. The van der Waals surface area contributed by atoms with Crippen LogP contribution in [-0.4, -0.2) is 67.7 Å². The molecule has 1 aliphatic rings. The van der Waals surface area contributed by atoms with Crippen molar-refractivity contribution in [1.29, 1.82) is 0 Å². The molecule has 27 heavy (non-hydrogen) atoms. The Bertz CT molecular complexity index is 747. The first kappa shape index (κ1) is 19.5. The monoisotopic (exact) mass is 391 g/mol. The number of aryl methyl sites for hydroxylation is 1. The molecular formula is C17H25N7O2S. The van der Waals surface area contributed by atoms with Crippen LogP contribution in [0.3, 0.4) is 0 Å². The lowest BCUT2D eigenvalue weighted by molar-refractivity contribution is 0.122. The number of likely N-dealkylation sites (N-methyl/N-ethyl adjacent to an activating group) is 1. The molecule has 2 aromatic heterocycles. The van der Waals surface area contributed by atoms with E-state index in [2.05, 4.69) is 48.7 Å². The number of hydrogen-bond donors (Lipinski definition) is 2. The number of anilines is 2. The fourth-order valence-corrected chi connectivity index (χ4v) is 3.21. The van der Waals surface area contributed by atoms with E-state index in [1.807, 2.05) is 13.1 Å². The second kappa shape index (κ2) is 10.1. The Morgan fingerprint density at radius 3 is 2.89 bits per heavy atom. The number of ether oxygens (including phenoxy) is 2. The molecule has 0 saturated carbocycles. The molecule has 146 valence electrons. The normalized spacial score (nSPS) is 14.7. The average molecular weight is 392 g/mol. The number of nitrogens with zero attached hydrogens (tertiary/aromatic N) is 5.